The van der Waals surface area contributed by atoms with Crippen LogP contribution in [-0.2, 0) is 6.54 Å². The van der Waals surface area contributed by atoms with Crippen molar-refractivity contribution in [1.29, 1.82) is 0 Å². The molecule has 0 saturated carbocycles. The SMILES string of the molecule is Clc1ccc(C2CN(Cc3ccccc3Cl)CCN2c2ccc(Cl)cc2Cl)cc1. The first-order valence-electron chi connectivity index (χ1n) is 9.44. The second-order valence-electron chi connectivity index (χ2n) is 7.18. The maximum absolute atomic E-state index is 6.55. The number of benzene rings is 3. The molecule has 0 N–H and O–H groups in total. The molecule has 1 aliphatic rings. The Hall–Kier alpha value is -1.42. The summed E-state index contributed by atoms with van der Waals surface area (Å²) in [4.78, 5) is 4.78. The van der Waals surface area contributed by atoms with Gasteiger partial charge in [-0.25, -0.2) is 0 Å². The smallest absolute Gasteiger partial charge is 0.0670 e. The number of nitrogens with zero attached hydrogens (tertiary/aromatic N) is 2. The molecule has 1 atom stereocenters. The van der Waals surface area contributed by atoms with E-state index < -0.39 is 0 Å². The van der Waals surface area contributed by atoms with Gasteiger partial charge in [-0.05, 0) is 47.5 Å². The Morgan fingerprint density at radius 1 is 0.759 bits per heavy atom. The molecule has 0 aliphatic carbocycles. The van der Waals surface area contributed by atoms with Gasteiger partial charge in [0.05, 0.1) is 16.8 Å². The first-order valence-corrected chi connectivity index (χ1v) is 11.0. The van der Waals surface area contributed by atoms with Crippen LogP contribution in [0.2, 0.25) is 20.1 Å². The molecule has 6 heteroatoms. The Balaban J connectivity index is 1.64. The Labute approximate surface area is 191 Å². The molecule has 0 aromatic heterocycles. The lowest BCUT2D eigenvalue weighted by molar-refractivity contribution is 0.215. The van der Waals surface area contributed by atoms with Crippen molar-refractivity contribution in [2.24, 2.45) is 0 Å². The summed E-state index contributed by atoms with van der Waals surface area (Å²) in [6.45, 7) is 3.42. The Morgan fingerprint density at radius 3 is 2.21 bits per heavy atom. The number of hydrogen-bond acceptors (Lipinski definition) is 2. The number of hydrogen-bond donors (Lipinski definition) is 0. The Bertz CT molecular complexity index is 990. The molecule has 0 spiro atoms. The molecule has 1 aliphatic heterocycles. The van der Waals surface area contributed by atoms with Crippen molar-refractivity contribution >= 4 is 52.1 Å². The van der Waals surface area contributed by atoms with E-state index in [0.717, 1.165) is 47.5 Å². The van der Waals surface area contributed by atoms with Crippen molar-refractivity contribution in [3.8, 4) is 0 Å². The van der Waals surface area contributed by atoms with Crippen molar-refractivity contribution in [1.82, 2.24) is 4.90 Å². The lowest BCUT2D eigenvalue weighted by Gasteiger charge is -2.43. The molecular weight excluding hydrogens is 446 g/mol. The average molecular weight is 466 g/mol. The van der Waals surface area contributed by atoms with Gasteiger partial charge in [0.25, 0.3) is 0 Å². The van der Waals surface area contributed by atoms with Crippen LogP contribution in [0.3, 0.4) is 0 Å². The Kier molecular flexibility index (Phi) is 6.58. The third-order valence-corrected chi connectivity index (χ3v) is 6.45. The van der Waals surface area contributed by atoms with E-state index in [1.54, 1.807) is 6.07 Å². The van der Waals surface area contributed by atoms with E-state index in [1.807, 2.05) is 42.5 Å². The van der Waals surface area contributed by atoms with Crippen molar-refractivity contribution in [3.05, 3.63) is 97.9 Å². The van der Waals surface area contributed by atoms with E-state index in [2.05, 4.69) is 28.0 Å². The van der Waals surface area contributed by atoms with Gasteiger partial charge in [-0.15, -0.1) is 0 Å². The van der Waals surface area contributed by atoms with E-state index in [0.29, 0.717) is 10.0 Å². The lowest BCUT2D eigenvalue weighted by atomic mass is 10.0. The first-order chi connectivity index (χ1) is 14.0. The molecule has 29 heavy (non-hydrogen) atoms. The summed E-state index contributed by atoms with van der Waals surface area (Å²) in [7, 11) is 0. The van der Waals surface area contributed by atoms with Crippen molar-refractivity contribution in [3.63, 3.8) is 0 Å². The third-order valence-electron chi connectivity index (χ3n) is 5.29. The molecule has 0 amide bonds. The number of piperazine rings is 1. The lowest BCUT2D eigenvalue weighted by Crippen LogP contribution is -2.48. The van der Waals surface area contributed by atoms with Crippen molar-refractivity contribution in [2.45, 2.75) is 12.6 Å². The first kappa shape index (κ1) is 20.8. The summed E-state index contributed by atoms with van der Waals surface area (Å²) in [6, 6.07) is 21.9. The second-order valence-corrected chi connectivity index (χ2v) is 8.87. The molecule has 1 heterocycles. The highest BCUT2D eigenvalue weighted by Gasteiger charge is 2.30. The second kappa shape index (κ2) is 9.16. The van der Waals surface area contributed by atoms with Gasteiger partial charge >= 0.3 is 0 Å². The fraction of sp³-hybridized carbons (Fsp3) is 0.217. The zero-order chi connectivity index (χ0) is 20.4. The maximum atomic E-state index is 6.55. The van der Waals surface area contributed by atoms with E-state index >= 15 is 0 Å². The summed E-state index contributed by atoms with van der Waals surface area (Å²) in [6.07, 6.45) is 0. The number of anilines is 1. The van der Waals surface area contributed by atoms with Gasteiger partial charge in [0.15, 0.2) is 0 Å². The van der Waals surface area contributed by atoms with Gasteiger partial charge in [-0.1, -0.05) is 76.7 Å². The summed E-state index contributed by atoms with van der Waals surface area (Å²) >= 11 is 25.2. The van der Waals surface area contributed by atoms with Crippen molar-refractivity contribution < 1.29 is 0 Å². The minimum absolute atomic E-state index is 0.141. The quantitative estimate of drug-likeness (QED) is 0.397. The summed E-state index contributed by atoms with van der Waals surface area (Å²) in [5, 5.41) is 2.84. The van der Waals surface area contributed by atoms with Crippen LogP contribution in [0.4, 0.5) is 5.69 Å². The molecule has 4 rings (SSSR count). The van der Waals surface area contributed by atoms with Gasteiger partial charge in [-0.3, -0.25) is 4.90 Å². The molecule has 3 aromatic carbocycles. The topological polar surface area (TPSA) is 6.48 Å². The van der Waals surface area contributed by atoms with Crippen LogP contribution in [0.25, 0.3) is 0 Å². The van der Waals surface area contributed by atoms with Crippen LogP contribution in [0.5, 0.6) is 0 Å². The molecule has 0 radical (unpaired) electrons. The van der Waals surface area contributed by atoms with Gasteiger partial charge in [0, 0.05) is 41.2 Å². The maximum Gasteiger partial charge on any atom is 0.0670 e. The van der Waals surface area contributed by atoms with Crippen LogP contribution in [0, 0.1) is 0 Å². The monoisotopic (exact) mass is 464 g/mol. The van der Waals surface area contributed by atoms with Crippen LogP contribution < -0.4 is 4.90 Å². The fourth-order valence-electron chi connectivity index (χ4n) is 3.82. The highest BCUT2D eigenvalue weighted by molar-refractivity contribution is 6.36. The van der Waals surface area contributed by atoms with E-state index in [1.165, 1.54) is 5.56 Å². The third kappa shape index (κ3) is 4.84. The predicted octanol–water partition coefficient (Wildman–Crippen LogP) is 7.36. The molecule has 1 saturated heterocycles. The fourth-order valence-corrected chi connectivity index (χ4v) is 4.66. The molecule has 150 valence electrons. The van der Waals surface area contributed by atoms with E-state index in [-0.39, 0.29) is 6.04 Å². The normalized spacial score (nSPS) is 17.5. The standard InChI is InChI=1S/C23H20Cl4N2/c24-18-7-5-16(6-8-18)23-15-28(14-17-3-1-2-4-20(17)26)11-12-29(23)22-10-9-19(25)13-21(22)27/h1-10,13,23H,11-12,14-15H2. The Morgan fingerprint density at radius 2 is 1.48 bits per heavy atom. The zero-order valence-corrected chi connectivity index (χ0v) is 18.7. The largest absolute Gasteiger partial charge is 0.361 e. The van der Waals surface area contributed by atoms with Crippen LogP contribution in [0.15, 0.2) is 66.7 Å². The van der Waals surface area contributed by atoms with Gasteiger partial charge in [-0.2, -0.15) is 0 Å². The molecule has 1 unspecified atom stereocenters. The van der Waals surface area contributed by atoms with Gasteiger partial charge < -0.3 is 4.90 Å². The van der Waals surface area contributed by atoms with Crippen LogP contribution in [0.1, 0.15) is 17.2 Å². The summed E-state index contributed by atoms with van der Waals surface area (Å²) in [5.41, 5.74) is 3.33. The molecule has 1 fully saturated rings. The molecular formula is C23H20Cl4N2. The van der Waals surface area contributed by atoms with E-state index in [4.69, 9.17) is 46.4 Å². The number of rotatable bonds is 4. The highest BCUT2D eigenvalue weighted by atomic mass is 35.5. The van der Waals surface area contributed by atoms with Crippen molar-refractivity contribution in [2.75, 3.05) is 24.5 Å². The molecule has 3 aromatic rings. The predicted molar refractivity (Wildman–Crippen MR) is 125 cm³/mol. The highest BCUT2D eigenvalue weighted by Crippen LogP contribution is 2.37. The van der Waals surface area contributed by atoms with E-state index in [9.17, 15) is 0 Å². The average Bonchev–Trinajstić information content (AvgIpc) is 2.71. The summed E-state index contributed by atoms with van der Waals surface area (Å²) < 4.78 is 0. The van der Waals surface area contributed by atoms with Gasteiger partial charge in [0.2, 0.25) is 0 Å². The van der Waals surface area contributed by atoms with Crippen LogP contribution in [-0.4, -0.2) is 24.5 Å². The summed E-state index contributed by atoms with van der Waals surface area (Å²) in [5.74, 6) is 0. The number of halogens is 4. The zero-order valence-electron chi connectivity index (χ0n) is 15.7. The van der Waals surface area contributed by atoms with Gasteiger partial charge in [0.1, 0.15) is 0 Å². The molecule has 0 bridgehead atoms. The minimum atomic E-state index is 0.141. The van der Waals surface area contributed by atoms with Crippen LogP contribution >= 0.6 is 46.4 Å². The molecule has 2 nitrogen and oxygen atoms in total. The minimum Gasteiger partial charge on any atom is -0.361 e.